The average molecular weight is 320 g/mol. The van der Waals surface area contributed by atoms with Gasteiger partial charge >= 0.3 is 0 Å². The topological polar surface area (TPSA) is 99.4 Å². The zero-order chi connectivity index (χ0) is 18.1. The molecule has 0 aromatic carbocycles. The zero-order valence-corrected chi connectivity index (χ0v) is 13.6. The highest BCUT2D eigenvalue weighted by atomic mass is 16.5. The van der Waals surface area contributed by atoms with E-state index < -0.39 is 6.29 Å². The van der Waals surface area contributed by atoms with E-state index in [1.807, 2.05) is 0 Å². The number of aliphatic hydroxyl groups is 4. The van der Waals surface area contributed by atoms with Crippen LogP contribution in [0.4, 0.5) is 0 Å². The van der Waals surface area contributed by atoms with Gasteiger partial charge in [0.1, 0.15) is 0 Å². The van der Waals surface area contributed by atoms with E-state index in [4.69, 9.17) is 20.4 Å². The Labute approximate surface area is 134 Å². The van der Waals surface area contributed by atoms with Crippen molar-refractivity contribution in [2.24, 2.45) is 0 Å². The zero-order valence-electron chi connectivity index (χ0n) is 13.6. The van der Waals surface area contributed by atoms with E-state index in [0.717, 1.165) is 19.3 Å². The van der Waals surface area contributed by atoms with Gasteiger partial charge in [-0.25, -0.2) is 0 Å². The van der Waals surface area contributed by atoms with Gasteiger partial charge in [-0.15, -0.1) is 0 Å². The van der Waals surface area contributed by atoms with Gasteiger partial charge < -0.3 is 29.9 Å². The van der Waals surface area contributed by atoms with E-state index in [1.165, 1.54) is 25.0 Å². The van der Waals surface area contributed by atoms with Gasteiger partial charge in [0.05, 0.1) is 38.3 Å². The molecule has 0 unspecified atom stereocenters. The van der Waals surface area contributed by atoms with Gasteiger partial charge in [0.2, 0.25) is 0 Å². The molecule has 0 spiro atoms. The molecule has 132 valence electrons. The SMILES string of the molecule is C=COC=C.C=COC=C.CCCCCC(O)O.OCCO. The molecule has 0 aromatic heterocycles. The molecule has 0 radical (unpaired) electrons. The molecule has 6 heteroatoms. The summed E-state index contributed by atoms with van der Waals surface area (Å²) in [5.74, 6) is 0. The van der Waals surface area contributed by atoms with Crippen LogP contribution in [0.5, 0.6) is 0 Å². The Balaban J connectivity index is -0.000000102. The fourth-order valence-electron chi connectivity index (χ4n) is 0.713. The van der Waals surface area contributed by atoms with Crippen molar-refractivity contribution in [3.05, 3.63) is 51.4 Å². The summed E-state index contributed by atoms with van der Waals surface area (Å²) in [6.45, 7) is 14.9. The van der Waals surface area contributed by atoms with Crippen LogP contribution in [0.2, 0.25) is 0 Å². The lowest BCUT2D eigenvalue weighted by atomic mass is 10.2. The predicted octanol–water partition coefficient (Wildman–Crippen LogP) is 2.43. The Kier molecular flexibility index (Phi) is 47.5. The van der Waals surface area contributed by atoms with Gasteiger partial charge in [-0.1, -0.05) is 46.1 Å². The van der Waals surface area contributed by atoms with Crippen LogP contribution in [0.3, 0.4) is 0 Å². The second-order valence-corrected chi connectivity index (χ2v) is 3.36. The Hall–Kier alpha value is -1.60. The molecular weight excluding hydrogens is 288 g/mol. The third kappa shape index (κ3) is 79.0. The molecule has 4 N–H and O–H groups in total. The van der Waals surface area contributed by atoms with Crippen molar-refractivity contribution >= 4 is 0 Å². The first-order chi connectivity index (χ1) is 10.5. The standard InChI is InChI=1S/C6H14O2.2C4H6O.C2H6O2/c1-2-3-4-5-6(7)8;2*1-3-5-4-2;3-1-2-4/h6-8H,2-5H2,1H3;2*3-4H,1-2H2;3-4H,1-2H2. The van der Waals surface area contributed by atoms with Gasteiger partial charge in [-0.3, -0.25) is 0 Å². The number of unbranched alkanes of at least 4 members (excludes halogenated alkanes) is 2. The van der Waals surface area contributed by atoms with Gasteiger partial charge in [0, 0.05) is 0 Å². The van der Waals surface area contributed by atoms with Crippen molar-refractivity contribution in [3.63, 3.8) is 0 Å². The quantitative estimate of drug-likeness (QED) is 0.296. The molecule has 0 aliphatic heterocycles. The van der Waals surface area contributed by atoms with Crippen LogP contribution < -0.4 is 0 Å². The normalized spacial score (nSPS) is 7.73. The summed E-state index contributed by atoms with van der Waals surface area (Å²) >= 11 is 0. The molecule has 0 heterocycles. The molecule has 0 bridgehead atoms. The van der Waals surface area contributed by atoms with Gasteiger partial charge in [-0.2, -0.15) is 0 Å². The minimum Gasteiger partial charge on any atom is -0.474 e. The highest BCUT2D eigenvalue weighted by molar-refractivity contribution is 4.57. The molecule has 0 atom stereocenters. The molecule has 6 nitrogen and oxygen atoms in total. The molecule has 0 saturated heterocycles. The molecular formula is C16H32O6. The summed E-state index contributed by atoms with van der Waals surface area (Å²) < 4.78 is 8.72. The maximum atomic E-state index is 8.33. The molecule has 0 aliphatic rings. The van der Waals surface area contributed by atoms with E-state index in [2.05, 4.69) is 42.7 Å². The van der Waals surface area contributed by atoms with Crippen molar-refractivity contribution in [2.45, 2.75) is 38.9 Å². The molecule has 0 saturated carbocycles. The third-order valence-corrected chi connectivity index (χ3v) is 1.55. The summed E-state index contributed by atoms with van der Waals surface area (Å²) in [6, 6.07) is 0. The fourth-order valence-corrected chi connectivity index (χ4v) is 0.713. The average Bonchev–Trinajstić information content (AvgIpc) is 2.50. The molecule has 0 amide bonds. The summed E-state index contributed by atoms with van der Waals surface area (Å²) in [6.07, 6.45) is 7.83. The van der Waals surface area contributed by atoms with Gasteiger partial charge in [0.15, 0.2) is 6.29 Å². The van der Waals surface area contributed by atoms with Crippen LogP contribution in [-0.2, 0) is 9.47 Å². The van der Waals surface area contributed by atoms with Crippen LogP contribution in [0.1, 0.15) is 32.6 Å². The smallest absolute Gasteiger partial charge is 0.151 e. The second kappa shape index (κ2) is 36.6. The van der Waals surface area contributed by atoms with Crippen LogP contribution in [-0.4, -0.2) is 39.9 Å². The van der Waals surface area contributed by atoms with Crippen molar-refractivity contribution < 1.29 is 29.9 Å². The Bertz CT molecular complexity index is 189. The van der Waals surface area contributed by atoms with E-state index in [9.17, 15) is 0 Å². The lowest BCUT2D eigenvalue weighted by Gasteiger charge is -1.99. The highest BCUT2D eigenvalue weighted by Gasteiger charge is 1.93. The number of hydrogen-bond donors (Lipinski definition) is 4. The summed E-state index contributed by atoms with van der Waals surface area (Å²) in [5, 5.41) is 31.9. The molecule has 0 aromatic rings. The molecule has 22 heavy (non-hydrogen) atoms. The summed E-state index contributed by atoms with van der Waals surface area (Å²) in [7, 11) is 0. The van der Waals surface area contributed by atoms with Gasteiger partial charge in [0.25, 0.3) is 0 Å². The van der Waals surface area contributed by atoms with Gasteiger partial charge in [-0.05, 0) is 12.8 Å². The van der Waals surface area contributed by atoms with Crippen molar-refractivity contribution in [2.75, 3.05) is 13.2 Å². The summed E-state index contributed by atoms with van der Waals surface area (Å²) in [5.41, 5.74) is 0. The number of ether oxygens (including phenoxy) is 2. The monoisotopic (exact) mass is 320 g/mol. The maximum absolute atomic E-state index is 8.33. The Morgan fingerprint density at radius 2 is 1.18 bits per heavy atom. The fraction of sp³-hybridized carbons (Fsp3) is 0.500. The van der Waals surface area contributed by atoms with Crippen molar-refractivity contribution in [3.8, 4) is 0 Å². The Morgan fingerprint density at radius 1 is 0.818 bits per heavy atom. The van der Waals surface area contributed by atoms with E-state index >= 15 is 0 Å². The highest BCUT2D eigenvalue weighted by Crippen LogP contribution is 1.99. The Morgan fingerprint density at radius 3 is 1.32 bits per heavy atom. The molecule has 0 fully saturated rings. The number of hydrogen-bond acceptors (Lipinski definition) is 6. The minimum absolute atomic E-state index is 0.125. The predicted molar refractivity (Wildman–Crippen MR) is 89.5 cm³/mol. The maximum Gasteiger partial charge on any atom is 0.151 e. The second-order valence-electron chi connectivity index (χ2n) is 3.36. The number of rotatable bonds is 9. The van der Waals surface area contributed by atoms with E-state index in [1.54, 1.807) is 0 Å². The third-order valence-electron chi connectivity index (χ3n) is 1.55. The van der Waals surface area contributed by atoms with E-state index in [0.29, 0.717) is 6.42 Å². The van der Waals surface area contributed by atoms with Crippen LogP contribution in [0, 0.1) is 0 Å². The van der Waals surface area contributed by atoms with Crippen LogP contribution in [0.25, 0.3) is 0 Å². The minimum atomic E-state index is -1.10. The lowest BCUT2D eigenvalue weighted by Crippen LogP contribution is -2.02. The first kappa shape index (κ1) is 28.5. The number of aliphatic hydroxyl groups excluding tert-OH is 3. The first-order valence-electron chi connectivity index (χ1n) is 6.84. The van der Waals surface area contributed by atoms with E-state index in [-0.39, 0.29) is 13.2 Å². The largest absolute Gasteiger partial charge is 0.474 e. The lowest BCUT2D eigenvalue weighted by molar-refractivity contribution is -0.0465. The first-order valence-corrected chi connectivity index (χ1v) is 6.84. The van der Waals surface area contributed by atoms with Crippen molar-refractivity contribution in [1.29, 1.82) is 0 Å². The van der Waals surface area contributed by atoms with Crippen LogP contribution >= 0.6 is 0 Å². The summed E-state index contributed by atoms with van der Waals surface area (Å²) in [4.78, 5) is 0. The van der Waals surface area contributed by atoms with Crippen molar-refractivity contribution in [1.82, 2.24) is 0 Å². The molecule has 0 rings (SSSR count). The molecule has 0 aliphatic carbocycles. The van der Waals surface area contributed by atoms with Crippen LogP contribution in [0.15, 0.2) is 51.4 Å².